The molecule has 9 aromatic rings. The third-order valence-electron chi connectivity index (χ3n) is 9.52. The fourth-order valence-corrected chi connectivity index (χ4v) is 6.66. The Kier molecular flexibility index (Phi) is 9.04. The molecule has 0 saturated carbocycles. The first kappa shape index (κ1) is 33.4. The van der Waals surface area contributed by atoms with Crippen molar-refractivity contribution in [2.45, 2.75) is 6.92 Å². The molecule has 2 aromatic heterocycles. The van der Waals surface area contributed by atoms with Crippen LogP contribution in [0.2, 0.25) is 0 Å². The molecule has 9 rings (SSSR count). The molecule has 260 valence electrons. The van der Waals surface area contributed by atoms with Crippen LogP contribution in [0.1, 0.15) is 5.56 Å². The Labute approximate surface area is 320 Å². The molecule has 55 heavy (non-hydrogen) atoms. The highest BCUT2D eigenvalue weighted by Gasteiger charge is 2.16. The maximum Gasteiger partial charge on any atom is 0.164 e. The van der Waals surface area contributed by atoms with Gasteiger partial charge in [-0.25, -0.2) is 29.9 Å². The van der Waals surface area contributed by atoms with Crippen LogP contribution in [0.4, 0.5) is 0 Å². The molecular weight excluding hydrogens is 673 g/mol. The number of benzene rings is 7. The summed E-state index contributed by atoms with van der Waals surface area (Å²) < 4.78 is 0. The van der Waals surface area contributed by atoms with Gasteiger partial charge in [-0.05, 0) is 52.9 Å². The SMILES string of the molecule is Cc1ccccc1-c1nc(-c2ccccc2)nc(-c2cccc(-c3cccc(-c4cccc(-c5nc(-c6ccccc6)nc(-c6ccccc6)n5)c4)c3)c2)n1. The average molecular weight is 707 g/mol. The van der Waals surface area contributed by atoms with Gasteiger partial charge in [-0.15, -0.1) is 0 Å². The van der Waals surface area contributed by atoms with E-state index in [-0.39, 0.29) is 0 Å². The Balaban J connectivity index is 1.08. The molecule has 0 N–H and O–H groups in total. The lowest BCUT2D eigenvalue weighted by Crippen LogP contribution is -2.01. The van der Waals surface area contributed by atoms with Crippen molar-refractivity contribution >= 4 is 0 Å². The molecule has 0 amide bonds. The molecule has 6 heteroatoms. The maximum atomic E-state index is 5.01. The van der Waals surface area contributed by atoms with Crippen molar-refractivity contribution in [3.63, 3.8) is 0 Å². The van der Waals surface area contributed by atoms with Gasteiger partial charge in [0.05, 0.1) is 0 Å². The van der Waals surface area contributed by atoms with E-state index in [0.29, 0.717) is 34.9 Å². The minimum absolute atomic E-state index is 0.621. The summed E-state index contributed by atoms with van der Waals surface area (Å²) in [5, 5.41) is 0. The molecule has 0 fully saturated rings. The molecule has 7 aromatic carbocycles. The van der Waals surface area contributed by atoms with Crippen molar-refractivity contribution in [3.05, 3.63) is 194 Å². The predicted molar refractivity (Wildman–Crippen MR) is 221 cm³/mol. The molecule has 0 bridgehead atoms. The standard InChI is InChI=1S/C49H34N6/c1-33-16-11-12-29-43(33)49-54-46(36-21-9-4-10-22-36)53-48(55-49)42-28-15-26-40(32-42)38-24-13-23-37(30-38)39-25-14-27-41(31-39)47-51-44(34-17-5-2-6-18-34)50-45(52-47)35-19-7-3-8-20-35/h2-32H,1H3. The lowest BCUT2D eigenvalue weighted by atomic mass is 9.97. The van der Waals surface area contributed by atoms with E-state index in [0.717, 1.165) is 61.2 Å². The number of nitrogens with zero attached hydrogens (tertiary/aromatic N) is 6. The van der Waals surface area contributed by atoms with Crippen LogP contribution in [0.25, 0.3) is 90.6 Å². The van der Waals surface area contributed by atoms with Gasteiger partial charge in [0.2, 0.25) is 0 Å². The summed E-state index contributed by atoms with van der Waals surface area (Å²) in [5.74, 6) is 3.81. The normalized spacial score (nSPS) is 11.0. The minimum atomic E-state index is 0.621. The van der Waals surface area contributed by atoms with Crippen molar-refractivity contribution in [1.82, 2.24) is 29.9 Å². The van der Waals surface area contributed by atoms with E-state index in [1.807, 2.05) is 103 Å². The van der Waals surface area contributed by atoms with E-state index in [4.69, 9.17) is 29.9 Å². The molecule has 0 unspecified atom stereocenters. The first-order valence-electron chi connectivity index (χ1n) is 18.2. The van der Waals surface area contributed by atoms with Crippen LogP contribution < -0.4 is 0 Å². The monoisotopic (exact) mass is 706 g/mol. The van der Waals surface area contributed by atoms with Crippen molar-refractivity contribution < 1.29 is 0 Å². The van der Waals surface area contributed by atoms with Crippen LogP contribution in [0, 0.1) is 6.92 Å². The second-order valence-corrected chi connectivity index (χ2v) is 13.3. The van der Waals surface area contributed by atoms with Gasteiger partial charge in [0.1, 0.15) is 0 Å². The van der Waals surface area contributed by atoms with E-state index in [1.165, 1.54) is 0 Å². The van der Waals surface area contributed by atoms with Gasteiger partial charge >= 0.3 is 0 Å². The number of hydrogen-bond acceptors (Lipinski definition) is 6. The fourth-order valence-electron chi connectivity index (χ4n) is 6.66. The lowest BCUT2D eigenvalue weighted by molar-refractivity contribution is 1.07. The highest BCUT2D eigenvalue weighted by Crippen LogP contribution is 2.33. The second kappa shape index (κ2) is 14.9. The Morgan fingerprint density at radius 2 is 0.509 bits per heavy atom. The molecule has 0 aliphatic carbocycles. The van der Waals surface area contributed by atoms with Gasteiger partial charge in [0.15, 0.2) is 34.9 Å². The maximum absolute atomic E-state index is 5.01. The molecule has 0 radical (unpaired) electrons. The summed E-state index contributed by atoms with van der Waals surface area (Å²) in [7, 11) is 0. The van der Waals surface area contributed by atoms with Crippen LogP contribution in [0.5, 0.6) is 0 Å². The van der Waals surface area contributed by atoms with Crippen LogP contribution in [-0.2, 0) is 0 Å². The summed E-state index contributed by atoms with van der Waals surface area (Å²) >= 11 is 0. The molecule has 0 saturated heterocycles. The van der Waals surface area contributed by atoms with Gasteiger partial charge in [-0.1, -0.05) is 170 Å². The Hall–Kier alpha value is -7.44. The van der Waals surface area contributed by atoms with E-state index < -0.39 is 0 Å². The number of aromatic nitrogens is 6. The number of hydrogen-bond donors (Lipinski definition) is 0. The van der Waals surface area contributed by atoms with Crippen molar-refractivity contribution in [1.29, 1.82) is 0 Å². The van der Waals surface area contributed by atoms with Gasteiger partial charge in [0.25, 0.3) is 0 Å². The van der Waals surface area contributed by atoms with E-state index in [1.54, 1.807) is 0 Å². The first-order valence-corrected chi connectivity index (χ1v) is 18.2. The third kappa shape index (κ3) is 7.17. The molecule has 0 aliphatic rings. The van der Waals surface area contributed by atoms with E-state index in [9.17, 15) is 0 Å². The smallest absolute Gasteiger partial charge is 0.164 e. The fraction of sp³-hybridized carbons (Fsp3) is 0.0204. The van der Waals surface area contributed by atoms with Gasteiger partial charge in [0, 0.05) is 33.4 Å². The summed E-state index contributed by atoms with van der Waals surface area (Å²) in [6.45, 7) is 2.08. The summed E-state index contributed by atoms with van der Waals surface area (Å²) in [5.41, 5.74) is 11.0. The second-order valence-electron chi connectivity index (χ2n) is 13.3. The van der Waals surface area contributed by atoms with Crippen LogP contribution in [0.15, 0.2) is 188 Å². The average Bonchev–Trinajstić information content (AvgIpc) is 3.27. The predicted octanol–water partition coefficient (Wildman–Crippen LogP) is 11.7. The first-order chi connectivity index (χ1) is 27.1. The Morgan fingerprint density at radius 3 is 0.891 bits per heavy atom. The molecule has 0 spiro atoms. The van der Waals surface area contributed by atoms with Crippen molar-refractivity contribution in [3.8, 4) is 90.6 Å². The molecular formula is C49H34N6. The molecule has 0 aliphatic heterocycles. The summed E-state index contributed by atoms with van der Waals surface area (Å²) in [4.78, 5) is 29.7. The molecule has 0 atom stereocenters. The summed E-state index contributed by atoms with van der Waals surface area (Å²) in [6, 6.07) is 63.7. The highest BCUT2D eigenvalue weighted by atomic mass is 15.0. The minimum Gasteiger partial charge on any atom is -0.208 e. The quantitative estimate of drug-likeness (QED) is 0.157. The zero-order valence-electron chi connectivity index (χ0n) is 30.1. The van der Waals surface area contributed by atoms with E-state index in [2.05, 4.69) is 91.9 Å². The number of aryl methyl sites for hydroxylation is 1. The van der Waals surface area contributed by atoms with Crippen LogP contribution in [0.3, 0.4) is 0 Å². The zero-order chi connectivity index (χ0) is 37.0. The van der Waals surface area contributed by atoms with Crippen molar-refractivity contribution in [2.75, 3.05) is 0 Å². The highest BCUT2D eigenvalue weighted by molar-refractivity contribution is 5.78. The largest absolute Gasteiger partial charge is 0.208 e. The summed E-state index contributed by atoms with van der Waals surface area (Å²) in [6.07, 6.45) is 0. The van der Waals surface area contributed by atoms with Crippen LogP contribution in [-0.4, -0.2) is 29.9 Å². The zero-order valence-corrected chi connectivity index (χ0v) is 30.1. The Morgan fingerprint density at radius 1 is 0.236 bits per heavy atom. The topological polar surface area (TPSA) is 77.3 Å². The third-order valence-corrected chi connectivity index (χ3v) is 9.52. The van der Waals surface area contributed by atoms with Gasteiger partial charge in [-0.2, -0.15) is 0 Å². The Bertz CT molecular complexity index is 2710. The van der Waals surface area contributed by atoms with Gasteiger partial charge < -0.3 is 0 Å². The van der Waals surface area contributed by atoms with Crippen LogP contribution >= 0.6 is 0 Å². The lowest BCUT2D eigenvalue weighted by Gasteiger charge is -2.12. The molecule has 2 heterocycles. The van der Waals surface area contributed by atoms with E-state index >= 15 is 0 Å². The number of rotatable bonds is 8. The van der Waals surface area contributed by atoms with Gasteiger partial charge in [-0.3, -0.25) is 0 Å². The van der Waals surface area contributed by atoms with Crippen molar-refractivity contribution in [2.24, 2.45) is 0 Å². The molecule has 6 nitrogen and oxygen atoms in total.